The molecule has 0 spiro atoms. The zero-order valence-electron chi connectivity index (χ0n) is 20.4. The highest BCUT2D eigenvalue weighted by molar-refractivity contribution is 6.06. The molecule has 0 unspecified atom stereocenters. The van der Waals surface area contributed by atoms with Crippen molar-refractivity contribution >= 4 is 17.5 Å². The minimum Gasteiger partial charge on any atom is -0.493 e. The number of methoxy groups -OCH3 is 2. The summed E-state index contributed by atoms with van der Waals surface area (Å²) in [6.45, 7) is 3.87. The number of aromatic nitrogens is 4. The van der Waals surface area contributed by atoms with E-state index in [4.69, 9.17) is 19.6 Å². The van der Waals surface area contributed by atoms with Crippen molar-refractivity contribution in [2.24, 2.45) is 0 Å². The number of ether oxygens (including phenoxy) is 2. The van der Waals surface area contributed by atoms with E-state index in [9.17, 15) is 4.79 Å². The topological polar surface area (TPSA) is 103 Å². The zero-order chi connectivity index (χ0) is 25.2. The lowest BCUT2D eigenvalue weighted by atomic mass is 9.94. The van der Waals surface area contributed by atoms with Crippen LogP contribution in [-0.2, 0) is 4.79 Å². The van der Waals surface area contributed by atoms with Gasteiger partial charge in [0.1, 0.15) is 6.04 Å². The molecule has 1 aliphatic rings. The summed E-state index contributed by atoms with van der Waals surface area (Å²) >= 11 is 0. The summed E-state index contributed by atoms with van der Waals surface area (Å²) in [7, 11) is 3.16. The summed E-state index contributed by atoms with van der Waals surface area (Å²) in [6, 6.07) is 16.5. The van der Waals surface area contributed by atoms with E-state index in [2.05, 4.69) is 15.6 Å². The fraction of sp³-hybridized carbons (Fsp3) is 0.185. The first kappa shape index (κ1) is 23.1. The monoisotopic (exact) mass is 482 g/mol. The second-order valence-electron chi connectivity index (χ2n) is 8.42. The molecular weight excluding hydrogens is 456 g/mol. The number of nitrogens with zero attached hydrogens (tertiary/aromatic N) is 4. The second-order valence-corrected chi connectivity index (χ2v) is 8.42. The largest absolute Gasteiger partial charge is 0.493 e. The van der Waals surface area contributed by atoms with Crippen molar-refractivity contribution in [2.45, 2.75) is 19.9 Å². The first-order valence-electron chi connectivity index (χ1n) is 11.4. The number of hydrogen-bond acceptors (Lipinski definition) is 7. The molecule has 3 heterocycles. The molecule has 0 aliphatic carbocycles. The number of allylic oxidation sites excluding steroid dienone is 1. The van der Waals surface area contributed by atoms with Crippen LogP contribution >= 0.6 is 0 Å². The third kappa shape index (κ3) is 4.15. The van der Waals surface area contributed by atoms with Crippen LogP contribution in [0.15, 0.2) is 78.3 Å². The number of fused-ring (bicyclic) bond motifs is 1. The SMILES string of the molecule is COc1cccc([C@H]2C(C(=O)Nc3cccnc3)=C(C)Nc3nc(-c4cccc(C)c4)nn32)c1OC. The molecule has 9 heteroatoms. The normalized spacial score (nSPS) is 14.6. The van der Waals surface area contributed by atoms with Crippen LogP contribution in [0, 0.1) is 6.92 Å². The minimum absolute atomic E-state index is 0.291. The van der Waals surface area contributed by atoms with Gasteiger partial charge >= 0.3 is 0 Å². The molecule has 0 fully saturated rings. The predicted octanol–water partition coefficient (Wildman–Crippen LogP) is 4.59. The Morgan fingerprint density at radius 2 is 1.89 bits per heavy atom. The second kappa shape index (κ2) is 9.53. The number of benzene rings is 2. The summed E-state index contributed by atoms with van der Waals surface area (Å²) in [5.74, 6) is 1.86. The molecule has 182 valence electrons. The van der Waals surface area contributed by atoms with Gasteiger partial charge in [0.25, 0.3) is 5.91 Å². The van der Waals surface area contributed by atoms with Crippen LogP contribution < -0.4 is 20.1 Å². The van der Waals surface area contributed by atoms with E-state index in [0.717, 1.165) is 16.7 Å². The zero-order valence-corrected chi connectivity index (χ0v) is 20.4. The first-order chi connectivity index (χ1) is 17.5. The number of carbonyl (C=O) groups excluding carboxylic acids is 1. The van der Waals surface area contributed by atoms with Crippen molar-refractivity contribution in [1.29, 1.82) is 0 Å². The Bertz CT molecular complexity index is 1460. The van der Waals surface area contributed by atoms with Crippen molar-refractivity contribution in [3.8, 4) is 22.9 Å². The molecule has 0 radical (unpaired) electrons. The van der Waals surface area contributed by atoms with Gasteiger partial charge in [0.05, 0.1) is 31.7 Å². The van der Waals surface area contributed by atoms with E-state index in [-0.39, 0.29) is 5.91 Å². The molecule has 9 nitrogen and oxygen atoms in total. The molecule has 1 atom stereocenters. The van der Waals surface area contributed by atoms with E-state index in [1.807, 2.05) is 56.3 Å². The quantitative estimate of drug-likeness (QED) is 0.414. The molecule has 0 saturated carbocycles. The molecular formula is C27H26N6O3. The van der Waals surface area contributed by atoms with Crippen LogP contribution in [-0.4, -0.2) is 39.9 Å². The number of anilines is 2. The van der Waals surface area contributed by atoms with Gasteiger partial charge < -0.3 is 20.1 Å². The maximum Gasteiger partial charge on any atom is 0.255 e. The van der Waals surface area contributed by atoms with Gasteiger partial charge in [0.15, 0.2) is 17.3 Å². The number of para-hydroxylation sites is 1. The van der Waals surface area contributed by atoms with Crippen molar-refractivity contribution in [3.63, 3.8) is 0 Å². The molecule has 0 saturated heterocycles. The molecule has 1 aliphatic heterocycles. The van der Waals surface area contributed by atoms with Crippen molar-refractivity contribution in [1.82, 2.24) is 19.7 Å². The van der Waals surface area contributed by atoms with E-state index in [0.29, 0.717) is 40.2 Å². The Kier molecular flexibility index (Phi) is 6.12. The van der Waals surface area contributed by atoms with Gasteiger partial charge in [-0.1, -0.05) is 35.9 Å². The lowest BCUT2D eigenvalue weighted by Gasteiger charge is -2.29. The highest BCUT2D eigenvalue weighted by Crippen LogP contribution is 2.43. The molecule has 36 heavy (non-hydrogen) atoms. The summed E-state index contributed by atoms with van der Waals surface area (Å²) in [4.78, 5) is 22.5. The molecule has 5 rings (SSSR count). The van der Waals surface area contributed by atoms with Gasteiger partial charge in [-0.05, 0) is 38.1 Å². The summed E-state index contributed by atoms with van der Waals surface area (Å²) in [5, 5.41) is 11.1. The predicted molar refractivity (Wildman–Crippen MR) is 137 cm³/mol. The van der Waals surface area contributed by atoms with Crippen molar-refractivity contribution in [2.75, 3.05) is 24.9 Å². The molecule has 4 aromatic rings. The number of carbonyl (C=O) groups is 1. The highest BCUT2D eigenvalue weighted by Gasteiger charge is 2.36. The first-order valence-corrected chi connectivity index (χ1v) is 11.4. The third-order valence-electron chi connectivity index (χ3n) is 6.02. The van der Waals surface area contributed by atoms with Crippen molar-refractivity contribution in [3.05, 3.63) is 89.4 Å². The summed E-state index contributed by atoms with van der Waals surface area (Å²) in [5.41, 5.74) is 4.42. The number of pyridine rings is 1. The Morgan fingerprint density at radius 1 is 1.06 bits per heavy atom. The lowest BCUT2D eigenvalue weighted by Crippen LogP contribution is -2.31. The van der Waals surface area contributed by atoms with E-state index in [1.54, 1.807) is 43.4 Å². The van der Waals surface area contributed by atoms with Crippen molar-refractivity contribution < 1.29 is 14.3 Å². The summed E-state index contributed by atoms with van der Waals surface area (Å²) < 4.78 is 13.0. The third-order valence-corrected chi connectivity index (χ3v) is 6.02. The fourth-order valence-corrected chi connectivity index (χ4v) is 4.40. The van der Waals surface area contributed by atoms with E-state index in [1.165, 1.54) is 0 Å². The van der Waals surface area contributed by atoms with E-state index >= 15 is 0 Å². The van der Waals surface area contributed by atoms with Crippen LogP contribution in [0.5, 0.6) is 11.5 Å². The number of aryl methyl sites for hydroxylation is 1. The number of nitrogens with one attached hydrogen (secondary N) is 2. The van der Waals surface area contributed by atoms with Crippen LogP contribution in [0.1, 0.15) is 24.1 Å². The summed E-state index contributed by atoms with van der Waals surface area (Å²) in [6.07, 6.45) is 3.25. The van der Waals surface area contributed by atoms with Crippen LogP contribution in [0.2, 0.25) is 0 Å². The Balaban J connectivity index is 1.67. The molecule has 2 N–H and O–H groups in total. The van der Waals surface area contributed by atoms with Gasteiger partial charge in [0.2, 0.25) is 5.95 Å². The smallest absolute Gasteiger partial charge is 0.255 e. The maximum absolute atomic E-state index is 13.7. The average Bonchev–Trinajstić information content (AvgIpc) is 3.31. The maximum atomic E-state index is 13.7. The minimum atomic E-state index is -0.631. The Labute approximate surface area is 208 Å². The number of amides is 1. The average molecular weight is 483 g/mol. The molecule has 0 bridgehead atoms. The Morgan fingerprint density at radius 3 is 2.61 bits per heavy atom. The number of hydrogen-bond donors (Lipinski definition) is 2. The van der Waals surface area contributed by atoms with Gasteiger partial charge in [0, 0.05) is 23.0 Å². The van der Waals surface area contributed by atoms with Gasteiger partial charge in [-0.25, -0.2) is 4.68 Å². The van der Waals surface area contributed by atoms with Gasteiger partial charge in [-0.3, -0.25) is 9.78 Å². The van der Waals surface area contributed by atoms with E-state index < -0.39 is 6.04 Å². The standard InChI is InChI=1S/C27H26N6O3/c1-16-8-5-9-18(14-16)25-31-27-29-17(2)22(26(34)30-19-10-7-13-28-15-19)23(33(27)32-25)20-11-6-12-21(35-3)24(20)36-4/h5-15,23H,1-4H3,(H,30,34)(H,29,31,32)/t23-/m0/s1. The molecule has 2 aromatic carbocycles. The van der Waals surface area contributed by atoms with Crippen LogP contribution in [0.4, 0.5) is 11.6 Å². The lowest BCUT2D eigenvalue weighted by molar-refractivity contribution is -0.113. The molecule has 2 aromatic heterocycles. The van der Waals surface area contributed by atoms with Crippen LogP contribution in [0.25, 0.3) is 11.4 Å². The van der Waals surface area contributed by atoms with Crippen LogP contribution in [0.3, 0.4) is 0 Å². The number of rotatable bonds is 6. The Hall–Kier alpha value is -4.66. The van der Waals surface area contributed by atoms with Gasteiger partial charge in [-0.2, -0.15) is 4.98 Å². The van der Waals surface area contributed by atoms with Gasteiger partial charge in [-0.15, -0.1) is 5.10 Å². The highest BCUT2D eigenvalue weighted by atomic mass is 16.5. The fourth-order valence-electron chi connectivity index (χ4n) is 4.40. The molecule has 1 amide bonds.